The molecule has 4 nitrogen and oxygen atoms in total. The quantitative estimate of drug-likeness (QED) is 0.0975. The Kier molecular flexibility index (Phi) is 20.9. The van der Waals surface area contributed by atoms with E-state index in [4.69, 9.17) is 0 Å². The molecule has 0 atom stereocenters. The molecule has 28 heavy (non-hydrogen) atoms. The van der Waals surface area contributed by atoms with Crippen LogP contribution in [0.25, 0.3) is 0 Å². The molecule has 0 aromatic carbocycles. The highest BCUT2D eigenvalue weighted by Gasteiger charge is 2.09. The maximum Gasteiger partial charge on any atom is 0.355 e. The first kappa shape index (κ1) is 26.7. The van der Waals surface area contributed by atoms with E-state index in [2.05, 4.69) is 35.8 Å². The number of allylic oxidation sites excluding steroid dienone is 2. The second-order valence-corrected chi connectivity index (χ2v) is 7.70. The molecule has 0 amide bonds. The topological polar surface area (TPSA) is 52.6 Å². The number of unbranched alkanes of at least 4 members (excludes halogenated alkanes) is 13. The van der Waals surface area contributed by atoms with Crippen molar-refractivity contribution in [3.8, 4) is 0 Å². The van der Waals surface area contributed by atoms with Gasteiger partial charge < -0.3 is 0 Å². The van der Waals surface area contributed by atoms with Crippen LogP contribution in [0.2, 0.25) is 0 Å². The normalized spacial score (nSPS) is 11.1. The van der Waals surface area contributed by atoms with E-state index in [1.807, 2.05) is 0 Å². The number of hydrogen-bond acceptors (Lipinski definition) is 4. The van der Waals surface area contributed by atoms with Crippen molar-refractivity contribution in [2.24, 2.45) is 0 Å². The Bertz CT molecular complexity index is 390. The minimum atomic E-state index is -0.452. The molecule has 4 heteroatoms. The van der Waals surface area contributed by atoms with Crippen molar-refractivity contribution < 1.29 is 19.4 Å². The van der Waals surface area contributed by atoms with Crippen LogP contribution in [0, 0.1) is 0 Å². The first-order chi connectivity index (χ1) is 13.7. The van der Waals surface area contributed by atoms with Gasteiger partial charge in [-0.05, 0) is 38.5 Å². The fourth-order valence-electron chi connectivity index (χ4n) is 3.04. The van der Waals surface area contributed by atoms with Crippen molar-refractivity contribution >= 4 is 11.9 Å². The van der Waals surface area contributed by atoms with Gasteiger partial charge in [0.25, 0.3) is 0 Å². The van der Waals surface area contributed by atoms with Gasteiger partial charge in [-0.15, -0.1) is 0 Å². The minimum Gasteiger partial charge on any atom is -0.247 e. The summed E-state index contributed by atoms with van der Waals surface area (Å²) in [6.07, 6.45) is 24.0. The average molecular weight is 397 g/mol. The molecule has 0 spiro atoms. The summed E-state index contributed by atoms with van der Waals surface area (Å²) in [5.41, 5.74) is 0. The lowest BCUT2D eigenvalue weighted by Gasteiger charge is -2.03. The predicted octanol–water partition coefficient (Wildman–Crippen LogP) is 7.61. The van der Waals surface area contributed by atoms with Gasteiger partial charge in [0.15, 0.2) is 0 Å². The van der Waals surface area contributed by atoms with Crippen LogP contribution in [0.1, 0.15) is 129 Å². The van der Waals surface area contributed by atoms with Crippen LogP contribution in [0.5, 0.6) is 0 Å². The molecule has 0 aromatic rings. The summed E-state index contributed by atoms with van der Waals surface area (Å²) >= 11 is 0. The molecular formula is C24H44O4. The zero-order chi connectivity index (χ0) is 20.7. The summed E-state index contributed by atoms with van der Waals surface area (Å²) in [6, 6.07) is 0. The molecule has 0 heterocycles. The second kappa shape index (κ2) is 22.0. The smallest absolute Gasteiger partial charge is 0.247 e. The molecule has 0 saturated carbocycles. The molecule has 164 valence electrons. The van der Waals surface area contributed by atoms with Gasteiger partial charge in [-0.25, -0.2) is 19.4 Å². The zero-order valence-corrected chi connectivity index (χ0v) is 18.5. The third-order valence-corrected chi connectivity index (χ3v) is 4.85. The van der Waals surface area contributed by atoms with Gasteiger partial charge in [-0.1, -0.05) is 90.2 Å². The molecule has 0 bridgehead atoms. The summed E-state index contributed by atoms with van der Waals surface area (Å²) in [6.45, 7) is 4.32. The zero-order valence-electron chi connectivity index (χ0n) is 18.5. The lowest BCUT2D eigenvalue weighted by molar-refractivity contribution is -0.259. The van der Waals surface area contributed by atoms with Gasteiger partial charge in [0.1, 0.15) is 0 Å². The molecule has 0 radical (unpaired) electrons. The monoisotopic (exact) mass is 396 g/mol. The molecule has 0 aliphatic carbocycles. The average Bonchev–Trinajstić information content (AvgIpc) is 2.69. The Morgan fingerprint density at radius 2 is 0.893 bits per heavy atom. The van der Waals surface area contributed by atoms with Crippen molar-refractivity contribution in [1.29, 1.82) is 0 Å². The highest BCUT2D eigenvalue weighted by Crippen LogP contribution is 2.10. The summed E-state index contributed by atoms with van der Waals surface area (Å²) in [5.74, 6) is -0.896. The van der Waals surface area contributed by atoms with Crippen LogP contribution >= 0.6 is 0 Å². The lowest BCUT2D eigenvalue weighted by atomic mass is 10.1. The Morgan fingerprint density at radius 3 is 1.39 bits per heavy atom. The fourth-order valence-corrected chi connectivity index (χ4v) is 3.04. The predicted molar refractivity (Wildman–Crippen MR) is 116 cm³/mol. The SMILES string of the molecule is CCCCCCCC/C=C\CCCCCCCC(=O)OOC(=O)CCCCC. The molecule has 0 saturated heterocycles. The number of carbonyl (C=O) groups is 2. The van der Waals surface area contributed by atoms with Crippen molar-refractivity contribution in [3.05, 3.63) is 12.2 Å². The van der Waals surface area contributed by atoms with Gasteiger partial charge in [0.05, 0.1) is 12.8 Å². The van der Waals surface area contributed by atoms with Gasteiger partial charge in [-0.2, -0.15) is 0 Å². The van der Waals surface area contributed by atoms with E-state index in [9.17, 15) is 9.59 Å². The Labute approximate surface area is 173 Å². The van der Waals surface area contributed by atoms with E-state index < -0.39 is 11.9 Å². The van der Waals surface area contributed by atoms with Crippen molar-refractivity contribution in [1.82, 2.24) is 0 Å². The van der Waals surface area contributed by atoms with Gasteiger partial charge in [0, 0.05) is 0 Å². The van der Waals surface area contributed by atoms with Crippen LogP contribution in [-0.4, -0.2) is 11.9 Å². The first-order valence-electron chi connectivity index (χ1n) is 11.8. The molecule has 0 aromatic heterocycles. The molecule has 0 rings (SSSR count). The Balaban J connectivity index is 3.30. The Hall–Kier alpha value is -1.32. The maximum absolute atomic E-state index is 11.5. The van der Waals surface area contributed by atoms with Gasteiger partial charge in [-0.3, -0.25) is 0 Å². The highest BCUT2D eigenvalue weighted by atomic mass is 17.2. The van der Waals surface area contributed by atoms with Crippen LogP contribution in [0.3, 0.4) is 0 Å². The van der Waals surface area contributed by atoms with Crippen LogP contribution in [-0.2, 0) is 19.4 Å². The molecule has 0 unspecified atom stereocenters. The summed E-state index contributed by atoms with van der Waals surface area (Å²) in [5, 5.41) is 0. The van der Waals surface area contributed by atoms with E-state index in [0.29, 0.717) is 12.8 Å². The second-order valence-electron chi connectivity index (χ2n) is 7.70. The number of hydrogen-bond donors (Lipinski definition) is 0. The van der Waals surface area contributed by atoms with Crippen LogP contribution < -0.4 is 0 Å². The van der Waals surface area contributed by atoms with Crippen molar-refractivity contribution in [2.75, 3.05) is 0 Å². The highest BCUT2D eigenvalue weighted by molar-refractivity contribution is 5.72. The first-order valence-corrected chi connectivity index (χ1v) is 11.8. The maximum atomic E-state index is 11.5. The lowest BCUT2D eigenvalue weighted by Crippen LogP contribution is -2.10. The molecule has 0 N–H and O–H groups in total. The van der Waals surface area contributed by atoms with Crippen LogP contribution in [0.4, 0.5) is 0 Å². The molecular weight excluding hydrogens is 352 g/mol. The minimum absolute atomic E-state index is 0.314. The van der Waals surface area contributed by atoms with E-state index in [0.717, 1.165) is 44.9 Å². The fraction of sp³-hybridized carbons (Fsp3) is 0.833. The molecule has 0 aliphatic heterocycles. The standard InChI is InChI=1S/C24H44O4/c1-3-5-7-8-9-10-11-12-13-14-15-16-17-18-20-22-24(26)28-27-23(25)21-19-6-4-2/h12-13H,3-11,14-22H2,1-2H3/b13-12-. The Morgan fingerprint density at radius 1 is 0.536 bits per heavy atom. The van der Waals surface area contributed by atoms with E-state index >= 15 is 0 Å². The van der Waals surface area contributed by atoms with E-state index in [-0.39, 0.29) is 0 Å². The molecule has 0 aliphatic rings. The summed E-state index contributed by atoms with van der Waals surface area (Å²) < 4.78 is 0. The van der Waals surface area contributed by atoms with E-state index in [1.54, 1.807) is 0 Å². The van der Waals surface area contributed by atoms with Crippen molar-refractivity contribution in [3.63, 3.8) is 0 Å². The molecule has 0 fully saturated rings. The number of rotatable bonds is 19. The largest absolute Gasteiger partial charge is 0.355 e. The summed E-state index contributed by atoms with van der Waals surface area (Å²) in [7, 11) is 0. The van der Waals surface area contributed by atoms with E-state index in [1.165, 1.54) is 57.8 Å². The summed E-state index contributed by atoms with van der Waals surface area (Å²) in [4.78, 5) is 31.9. The van der Waals surface area contributed by atoms with Gasteiger partial charge >= 0.3 is 11.9 Å². The number of carbonyl (C=O) groups excluding carboxylic acids is 2. The third-order valence-electron chi connectivity index (χ3n) is 4.85. The third kappa shape index (κ3) is 21.0. The van der Waals surface area contributed by atoms with Crippen LogP contribution in [0.15, 0.2) is 12.2 Å². The van der Waals surface area contributed by atoms with Crippen molar-refractivity contribution in [2.45, 2.75) is 129 Å². The van der Waals surface area contributed by atoms with Gasteiger partial charge in [0.2, 0.25) is 0 Å².